The van der Waals surface area contributed by atoms with Crippen LogP contribution in [0.15, 0.2) is 48.5 Å². The van der Waals surface area contributed by atoms with E-state index in [0.717, 1.165) is 24.2 Å². The largest absolute Gasteiger partial charge is 0.385 e. The van der Waals surface area contributed by atoms with Gasteiger partial charge in [0.25, 0.3) is 5.69 Å². The van der Waals surface area contributed by atoms with E-state index >= 15 is 0 Å². The Morgan fingerprint density at radius 3 is 2.58 bits per heavy atom. The number of anilines is 1. The molecule has 0 heterocycles. The molecular weight excluding hydrogens is 240 g/mol. The Bertz CT molecular complexity index is 568. The van der Waals surface area contributed by atoms with Gasteiger partial charge in [-0.1, -0.05) is 30.3 Å². The van der Waals surface area contributed by atoms with Crippen LogP contribution in [0.3, 0.4) is 0 Å². The Kier molecular flexibility index (Phi) is 4.13. The van der Waals surface area contributed by atoms with Gasteiger partial charge < -0.3 is 5.32 Å². The molecule has 0 bridgehead atoms. The lowest BCUT2D eigenvalue weighted by Gasteiger charge is -2.07. The van der Waals surface area contributed by atoms with E-state index in [9.17, 15) is 10.1 Å². The van der Waals surface area contributed by atoms with Gasteiger partial charge in [-0.05, 0) is 30.5 Å². The number of hydrogen-bond donors (Lipinski definition) is 1. The van der Waals surface area contributed by atoms with Gasteiger partial charge in [-0.25, -0.2) is 0 Å². The fourth-order valence-electron chi connectivity index (χ4n) is 1.97. The molecule has 4 heteroatoms. The van der Waals surface area contributed by atoms with Gasteiger partial charge in [0.2, 0.25) is 0 Å². The Morgan fingerprint density at radius 2 is 1.89 bits per heavy atom. The molecule has 0 fully saturated rings. The summed E-state index contributed by atoms with van der Waals surface area (Å²) in [6.45, 7) is 2.61. The van der Waals surface area contributed by atoms with Gasteiger partial charge in [0.05, 0.1) is 4.92 Å². The van der Waals surface area contributed by atoms with Crippen LogP contribution >= 0.6 is 0 Å². The first-order chi connectivity index (χ1) is 9.15. The number of rotatable bonds is 5. The lowest BCUT2D eigenvalue weighted by molar-refractivity contribution is -0.384. The summed E-state index contributed by atoms with van der Waals surface area (Å²) in [7, 11) is 0. The van der Waals surface area contributed by atoms with Crippen molar-refractivity contribution >= 4 is 11.4 Å². The van der Waals surface area contributed by atoms with Gasteiger partial charge in [-0.3, -0.25) is 10.1 Å². The second kappa shape index (κ2) is 6.00. The minimum Gasteiger partial charge on any atom is -0.385 e. The zero-order chi connectivity index (χ0) is 13.7. The maximum atomic E-state index is 10.8. The second-order valence-corrected chi connectivity index (χ2v) is 4.48. The number of nitro groups is 1. The summed E-state index contributed by atoms with van der Waals surface area (Å²) in [5.74, 6) is 0. The minimum atomic E-state index is -0.366. The van der Waals surface area contributed by atoms with Crippen molar-refractivity contribution in [1.82, 2.24) is 0 Å². The predicted octanol–water partition coefficient (Wildman–Crippen LogP) is 3.56. The van der Waals surface area contributed by atoms with E-state index in [1.165, 1.54) is 5.56 Å². The SMILES string of the molecule is Cc1cc(NCCc2ccccc2)cc([N+](=O)[O-])c1. The fourth-order valence-corrected chi connectivity index (χ4v) is 1.97. The maximum Gasteiger partial charge on any atom is 0.271 e. The van der Waals surface area contributed by atoms with Crippen molar-refractivity contribution in [3.05, 3.63) is 69.8 Å². The molecule has 19 heavy (non-hydrogen) atoms. The summed E-state index contributed by atoms with van der Waals surface area (Å²) in [6.07, 6.45) is 0.891. The molecule has 98 valence electrons. The van der Waals surface area contributed by atoms with E-state index in [1.807, 2.05) is 31.2 Å². The lowest BCUT2D eigenvalue weighted by atomic mass is 10.1. The van der Waals surface area contributed by atoms with Crippen molar-refractivity contribution in [1.29, 1.82) is 0 Å². The topological polar surface area (TPSA) is 55.2 Å². The molecule has 0 unspecified atom stereocenters. The van der Waals surface area contributed by atoms with Crippen LogP contribution in [-0.4, -0.2) is 11.5 Å². The summed E-state index contributed by atoms with van der Waals surface area (Å²) in [5, 5.41) is 14.0. The molecule has 0 aliphatic heterocycles. The standard InChI is InChI=1S/C15H16N2O2/c1-12-9-14(11-15(10-12)17(18)19)16-8-7-13-5-3-2-4-6-13/h2-6,9-11,16H,7-8H2,1H3. The van der Waals surface area contributed by atoms with Crippen LogP contribution in [0.2, 0.25) is 0 Å². The van der Waals surface area contributed by atoms with Gasteiger partial charge in [0, 0.05) is 24.4 Å². The highest BCUT2D eigenvalue weighted by molar-refractivity contribution is 5.53. The number of aryl methyl sites for hydroxylation is 1. The number of nitrogens with zero attached hydrogens (tertiary/aromatic N) is 1. The minimum absolute atomic E-state index is 0.127. The first-order valence-corrected chi connectivity index (χ1v) is 6.19. The van der Waals surface area contributed by atoms with Crippen LogP contribution in [0.4, 0.5) is 11.4 Å². The average molecular weight is 256 g/mol. The summed E-state index contributed by atoms with van der Waals surface area (Å²) < 4.78 is 0. The van der Waals surface area contributed by atoms with E-state index < -0.39 is 0 Å². The Balaban J connectivity index is 1.98. The van der Waals surface area contributed by atoms with E-state index in [0.29, 0.717) is 0 Å². The average Bonchev–Trinajstić information content (AvgIpc) is 2.39. The highest BCUT2D eigenvalue weighted by atomic mass is 16.6. The van der Waals surface area contributed by atoms with E-state index in [2.05, 4.69) is 17.4 Å². The maximum absolute atomic E-state index is 10.8. The van der Waals surface area contributed by atoms with Crippen LogP contribution in [0.5, 0.6) is 0 Å². The highest BCUT2D eigenvalue weighted by Crippen LogP contribution is 2.20. The smallest absolute Gasteiger partial charge is 0.271 e. The lowest BCUT2D eigenvalue weighted by Crippen LogP contribution is -2.05. The molecule has 2 aromatic carbocycles. The molecule has 0 amide bonds. The molecule has 1 N–H and O–H groups in total. The van der Waals surface area contributed by atoms with E-state index in [1.54, 1.807) is 12.1 Å². The molecule has 0 saturated carbocycles. The first kappa shape index (κ1) is 13.1. The van der Waals surface area contributed by atoms with Crippen molar-refractivity contribution in [2.24, 2.45) is 0 Å². The van der Waals surface area contributed by atoms with Gasteiger partial charge in [-0.15, -0.1) is 0 Å². The van der Waals surface area contributed by atoms with Gasteiger partial charge in [0.1, 0.15) is 0 Å². The number of nitrogens with one attached hydrogen (secondary N) is 1. The van der Waals surface area contributed by atoms with E-state index in [4.69, 9.17) is 0 Å². The van der Waals surface area contributed by atoms with Crippen molar-refractivity contribution in [2.45, 2.75) is 13.3 Å². The summed E-state index contributed by atoms with van der Waals surface area (Å²) in [4.78, 5) is 10.4. The van der Waals surface area contributed by atoms with Crippen molar-refractivity contribution in [2.75, 3.05) is 11.9 Å². The Morgan fingerprint density at radius 1 is 1.16 bits per heavy atom. The molecule has 0 aliphatic carbocycles. The Hall–Kier alpha value is -2.36. The number of non-ortho nitro benzene ring substituents is 1. The van der Waals surface area contributed by atoms with Crippen LogP contribution in [0.25, 0.3) is 0 Å². The Labute approximate surface area is 112 Å². The molecule has 2 aromatic rings. The van der Waals surface area contributed by atoms with Gasteiger partial charge in [0.15, 0.2) is 0 Å². The van der Waals surface area contributed by atoms with E-state index in [-0.39, 0.29) is 10.6 Å². The third-order valence-electron chi connectivity index (χ3n) is 2.86. The molecule has 0 spiro atoms. The summed E-state index contributed by atoms with van der Waals surface area (Å²) in [5.41, 5.74) is 3.05. The van der Waals surface area contributed by atoms with Crippen LogP contribution < -0.4 is 5.32 Å². The van der Waals surface area contributed by atoms with Gasteiger partial charge in [-0.2, -0.15) is 0 Å². The van der Waals surface area contributed by atoms with Crippen LogP contribution in [0, 0.1) is 17.0 Å². The van der Waals surface area contributed by atoms with Crippen molar-refractivity contribution < 1.29 is 4.92 Å². The molecule has 0 atom stereocenters. The fraction of sp³-hybridized carbons (Fsp3) is 0.200. The molecule has 0 radical (unpaired) electrons. The zero-order valence-electron chi connectivity index (χ0n) is 10.8. The van der Waals surface area contributed by atoms with Crippen molar-refractivity contribution in [3.8, 4) is 0 Å². The molecule has 2 rings (SSSR count). The molecule has 0 aromatic heterocycles. The third-order valence-corrected chi connectivity index (χ3v) is 2.86. The normalized spacial score (nSPS) is 10.2. The monoisotopic (exact) mass is 256 g/mol. The molecule has 0 saturated heterocycles. The van der Waals surface area contributed by atoms with Crippen LogP contribution in [-0.2, 0) is 6.42 Å². The zero-order valence-corrected chi connectivity index (χ0v) is 10.8. The summed E-state index contributed by atoms with van der Waals surface area (Å²) in [6, 6.07) is 15.2. The first-order valence-electron chi connectivity index (χ1n) is 6.19. The quantitative estimate of drug-likeness (QED) is 0.657. The highest BCUT2D eigenvalue weighted by Gasteiger charge is 2.07. The van der Waals surface area contributed by atoms with Gasteiger partial charge >= 0.3 is 0 Å². The number of benzene rings is 2. The second-order valence-electron chi connectivity index (χ2n) is 4.48. The van der Waals surface area contributed by atoms with Crippen LogP contribution in [0.1, 0.15) is 11.1 Å². The number of nitro benzene ring substituents is 1. The molecular formula is C15H16N2O2. The molecule has 4 nitrogen and oxygen atoms in total. The third kappa shape index (κ3) is 3.81. The number of hydrogen-bond acceptors (Lipinski definition) is 3. The molecule has 0 aliphatic rings. The summed E-state index contributed by atoms with van der Waals surface area (Å²) >= 11 is 0. The van der Waals surface area contributed by atoms with Crippen molar-refractivity contribution in [3.63, 3.8) is 0 Å². The predicted molar refractivity (Wildman–Crippen MR) is 76.5 cm³/mol.